The average Bonchev–Trinajstić information content (AvgIpc) is 3.26. The van der Waals surface area contributed by atoms with Crippen LogP contribution in [0.4, 0.5) is 0 Å². The highest BCUT2D eigenvalue weighted by molar-refractivity contribution is 6.05. The Labute approximate surface area is 313 Å². The summed E-state index contributed by atoms with van der Waals surface area (Å²) in [6, 6.07) is 67.3. The van der Waals surface area contributed by atoms with Crippen molar-refractivity contribution in [1.29, 1.82) is 0 Å². The number of hydrogen-bond acceptors (Lipinski definition) is 4. The Bertz CT molecular complexity index is 2980. The van der Waals surface area contributed by atoms with Gasteiger partial charge in [0.2, 0.25) is 0 Å². The molecule has 0 atom stereocenters. The third kappa shape index (κ3) is 5.67. The molecule has 252 valence electrons. The van der Waals surface area contributed by atoms with Crippen molar-refractivity contribution in [1.82, 2.24) is 19.9 Å². The molecule has 54 heavy (non-hydrogen) atoms. The van der Waals surface area contributed by atoms with Crippen molar-refractivity contribution in [2.45, 2.75) is 0 Å². The summed E-state index contributed by atoms with van der Waals surface area (Å²) in [6.45, 7) is 0. The van der Waals surface area contributed by atoms with Crippen LogP contribution in [-0.4, -0.2) is 19.9 Å². The lowest BCUT2D eigenvalue weighted by molar-refractivity contribution is 1.23. The molecule has 10 rings (SSSR count). The molecule has 0 saturated heterocycles. The second kappa shape index (κ2) is 13.4. The van der Waals surface area contributed by atoms with Crippen molar-refractivity contribution in [3.05, 3.63) is 194 Å². The van der Waals surface area contributed by atoms with Gasteiger partial charge in [0, 0.05) is 38.4 Å². The molecule has 0 saturated carbocycles. The van der Waals surface area contributed by atoms with Crippen LogP contribution in [0.1, 0.15) is 0 Å². The summed E-state index contributed by atoms with van der Waals surface area (Å²) in [6.07, 6.45) is 0. The van der Waals surface area contributed by atoms with E-state index in [-0.39, 0.29) is 0 Å². The molecule has 0 spiro atoms. The Kier molecular flexibility index (Phi) is 7.77. The molecule has 0 unspecified atom stereocenters. The summed E-state index contributed by atoms with van der Waals surface area (Å²) in [5.41, 5.74) is 13.9. The lowest BCUT2D eigenvalue weighted by atomic mass is 9.92. The van der Waals surface area contributed by atoms with E-state index in [1.165, 1.54) is 5.56 Å². The van der Waals surface area contributed by atoms with Crippen LogP contribution in [0, 0.1) is 0 Å². The summed E-state index contributed by atoms with van der Waals surface area (Å²) in [7, 11) is 0. The highest BCUT2D eigenvalue weighted by Crippen LogP contribution is 2.39. The number of rotatable bonds is 6. The Balaban J connectivity index is 1.14. The fraction of sp³-hybridized carbons (Fsp3) is 0. The third-order valence-corrected chi connectivity index (χ3v) is 10.1. The molecule has 0 aliphatic carbocycles. The Morgan fingerprint density at radius 1 is 0.296 bits per heavy atom. The average molecular weight is 689 g/mol. The van der Waals surface area contributed by atoms with Crippen molar-refractivity contribution >= 4 is 32.7 Å². The van der Waals surface area contributed by atoms with Crippen molar-refractivity contribution in [2.24, 2.45) is 0 Å². The van der Waals surface area contributed by atoms with E-state index in [9.17, 15) is 0 Å². The van der Waals surface area contributed by atoms with E-state index in [4.69, 9.17) is 19.9 Å². The van der Waals surface area contributed by atoms with Crippen LogP contribution in [0.5, 0.6) is 0 Å². The molecule has 7 aromatic carbocycles. The van der Waals surface area contributed by atoms with Gasteiger partial charge >= 0.3 is 0 Å². The first-order chi connectivity index (χ1) is 26.8. The van der Waals surface area contributed by atoms with Gasteiger partial charge in [-0.1, -0.05) is 170 Å². The van der Waals surface area contributed by atoms with E-state index in [2.05, 4.69) is 170 Å². The summed E-state index contributed by atoms with van der Waals surface area (Å²) in [4.78, 5) is 21.0. The molecule has 0 fully saturated rings. The maximum atomic E-state index is 5.37. The van der Waals surface area contributed by atoms with Gasteiger partial charge in [-0.15, -0.1) is 0 Å². The number of hydrogen-bond donors (Lipinski definition) is 0. The molecule has 0 N–H and O–H groups in total. The van der Waals surface area contributed by atoms with Gasteiger partial charge in [0.15, 0.2) is 5.82 Å². The highest BCUT2D eigenvalue weighted by atomic mass is 14.9. The standard InChI is InChI=1S/C50H32N4/c1-4-14-33(15-5-1)39-29-26-38(32-43(39)34-16-6-2-7-17-34)50-53-45-23-13-12-22-42(45)49(54-50)41-21-11-10-20-40(41)46-31-28-37-25-24-36-27-30-44(35-18-8-3-9-19-35)51-47(36)48(37)52-46/h1-32H. The van der Waals surface area contributed by atoms with Gasteiger partial charge in [-0.05, 0) is 46.5 Å². The van der Waals surface area contributed by atoms with Gasteiger partial charge in [-0.2, -0.15) is 0 Å². The molecule has 4 nitrogen and oxygen atoms in total. The molecule has 3 heterocycles. The Morgan fingerprint density at radius 3 is 1.54 bits per heavy atom. The van der Waals surface area contributed by atoms with Gasteiger partial charge in [0.1, 0.15) is 0 Å². The smallest absolute Gasteiger partial charge is 0.160 e. The van der Waals surface area contributed by atoms with Gasteiger partial charge < -0.3 is 0 Å². The topological polar surface area (TPSA) is 51.6 Å². The summed E-state index contributed by atoms with van der Waals surface area (Å²) in [5.74, 6) is 0.672. The molecule has 0 aliphatic heterocycles. The highest BCUT2D eigenvalue weighted by Gasteiger charge is 2.18. The van der Waals surface area contributed by atoms with E-state index in [0.717, 1.165) is 88.7 Å². The van der Waals surface area contributed by atoms with E-state index >= 15 is 0 Å². The summed E-state index contributed by atoms with van der Waals surface area (Å²) >= 11 is 0. The lowest BCUT2D eigenvalue weighted by Gasteiger charge is -2.15. The predicted molar refractivity (Wildman–Crippen MR) is 223 cm³/mol. The van der Waals surface area contributed by atoms with Crippen molar-refractivity contribution in [3.63, 3.8) is 0 Å². The van der Waals surface area contributed by atoms with Crippen LogP contribution in [0.25, 0.3) is 100 Å². The second-order valence-electron chi connectivity index (χ2n) is 13.4. The molecule has 3 aromatic heterocycles. The molecule has 0 radical (unpaired) electrons. The van der Waals surface area contributed by atoms with Gasteiger partial charge in [0.25, 0.3) is 0 Å². The number of aromatic nitrogens is 4. The van der Waals surface area contributed by atoms with Crippen LogP contribution >= 0.6 is 0 Å². The fourth-order valence-electron chi connectivity index (χ4n) is 7.42. The molecular formula is C50H32N4. The van der Waals surface area contributed by atoms with E-state index in [1.54, 1.807) is 0 Å². The van der Waals surface area contributed by atoms with Gasteiger partial charge in [-0.3, -0.25) is 0 Å². The minimum absolute atomic E-state index is 0.672. The number of benzene rings is 7. The molecule has 0 bridgehead atoms. The maximum Gasteiger partial charge on any atom is 0.160 e. The van der Waals surface area contributed by atoms with Crippen LogP contribution in [0.2, 0.25) is 0 Å². The van der Waals surface area contributed by atoms with E-state index < -0.39 is 0 Å². The fourth-order valence-corrected chi connectivity index (χ4v) is 7.42. The first-order valence-electron chi connectivity index (χ1n) is 18.1. The van der Waals surface area contributed by atoms with Gasteiger partial charge in [0.05, 0.1) is 33.6 Å². The number of para-hydroxylation sites is 1. The minimum Gasteiger partial charge on any atom is -0.245 e. The zero-order valence-electron chi connectivity index (χ0n) is 29.3. The molecule has 0 amide bonds. The molecule has 4 heteroatoms. The van der Waals surface area contributed by atoms with Crippen LogP contribution < -0.4 is 0 Å². The number of fused-ring (bicyclic) bond motifs is 4. The minimum atomic E-state index is 0.672. The maximum absolute atomic E-state index is 5.37. The van der Waals surface area contributed by atoms with Gasteiger partial charge in [-0.25, -0.2) is 19.9 Å². The lowest BCUT2D eigenvalue weighted by Crippen LogP contribution is -1.98. The second-order valence-corrected chi connectivity index (χ2v) is 13.4. The zero-order valence-corrected chi connectivity index (χ0v) is 29.3. The Hall–Kier alpha value is -7.30. The summed E-state index contributed by atoms with van der Waals surface area (Å²) in [5, 5.41) is 3.09. The van der Waals surface area contributed by atoms with Crippen LogP contribution in [0.15, 0.2) is 194 Å². The van der Waals surface area contributed by atoms with Crippen molar-refractivity contribution < 1.29 is 0 Å². The SMILES string of the molecule is c1ccc(-c2ccc3ccc4ccc(-c5ccccc5-c5nc(-c6ccc(-c7ccccc7)c(-c7ccccc7)c6)nc6ccccc56)nc4c3n2)cc1. The zero-order chi connectivity index (χ0) is 35.8. The van der Waals surface area contributed by atoms with Crippen LogP contribution in [0.3, 0.4) is 0 Å². The largest absolute Gasteiger partial charge is 0.245 e. The molecule has 10 aromatic rings. The van der Waals surface area contributed by atoms with Crippen molar-refractivity contribution in [3.8, 4) is 67.4 Å². The molecule has 0 aliphatic rings. The van der Waals surface area contributed by atoms with Crippen LogP contribution in [-0.2, 0) is 0 Å². The quantitative estimate of drug-likeness (QED) is 0.163. The normalized spacial score (nSPS) is 11.3. The van der Waals surface area contributed by atoms with E-state index in [0.29, 0.717) is 5.82 Å². The molecular weight excluding hydrogens is 657 g/mol. The first kappa shape index (κ1) is 31.4. The van der Waals surface area contributed by atoms with Crippen molar-refractivity contribution in [2.75, 3.05) is 0 Å². The third-order valence-electron chi connectivity index (χ3n) is 10.1. The predicted octanol–water partition coefficient (Wildman–Crippen LogP) is 12.7. The monoisotopic (exact) mass is 688 g/mol. The van der Waals surface area contributed by atoms with E-state index in [1.807, 2.05) is 24.3 Å². The number of pyridine rings is 2. The summed E-state index contributed by atoms with van der Waals surface area (Å²) < 4.78 is 0. The Morgan fingerprint density at radius 2 is 0.833 bits per heavy atom. The number of nitrogens with zero attached hydrogens (tertiary/aromatic N) is 4. The first-order valence-corrected chi connectivity index (χ1v) is 18.1.